The van der Waals surface area contributed by atoms with Crippen molar-refractivity contribution in [1.82, 2.24) is 4.90 Å². The van der Waals surface area contributed by atoms with E-state index in [1.807, 2.05) is 25.6 Å². The lowest BCUT2D eigenvalue weighted by Gasteiger charge is -2.34. The second-order valence-electron chi connectivity index (χ2n) is 4.60. The number of rotatable bonds is 1. The van der Waals surface area contributed by atoms with Gasteiger partial charge in [-0.3, -0.25) is 4.79 Å². The number of benzene rings is 1. The van der Waals surface area contributed by atoms with Crippen molar-refractivity contribution >= 4 is 17.7 Å². The van der Waals surface area contributed by atoms with Crippen molar-refractivity contribution < 1.29 is 14.3 Å². The maximum Gasteiger partial charge on any atom is 0.260 e. The molecule has 1 N–H and O–H groups in total. The molecule has 0 bridgehead atoms. The lowest BCUT2D eigenvalue weighted by atomic mass is 10.1. The second kappa shape index (κ2) is 5.18. The Kier molecular flexibility index (Phi) is 3.80. The summed E-state index contributed by atoms with van der Waals surface area (Å²) in [5.74, 6) is -1.39. The van der Waals surface area contributed by atoms with Gasteiger partial charge in [-0.25, -0.2) is 4.39 Å². The van der Waals surface area contributed by atoms with Crippen LogP contribution in [-0.2, 0) is 0 Å². The van der Waals surface area contributed by atoms with Gasteiger partial charge in [-0.1, -0.05) is 19.9 Å². The molecule has 0 spiro atoms. The van der Waals surface area contributed by atoms with Gasteiger partial charge in [0.05, 0.1) is 0 Å². The van der Waals surface area contributed by atoms with Crippen LogP contribution in [0.1, 0.15) is 24.2 Å². The minimum atomic E-state index is -0.668. The molecule has 5 heteroatoms. The molecule has 0 aliphatic carbocycles. The normalized spacial score (nSPS) is 24.1. The van der Waals surface area contributed by atoms with Gasteiger partial charge in [0.15, 0.2) is 0 Å². The first kappa shape index (κ1) is 13.2. The quantitative estimate of drug-likeness (QED) is 0.851. The van der Waals surface area contributed by atoms with Crippen molar-refractivity contribution in [3.05, 3.63) is 29.6 Å². The number of thioether (sulfide) groups is 1. The summed E-state index contributed by atoms with van der Waals surface area (Å²) in [6.07, 6.45) is 0. The lowest BCUT2D eigenvalue weighted by Crippen LogP contribution is -2.44. The van der Waals surface area contributed by atoms with E-state index in [1.54, 1.807) is 4.90 Å². The molecule has 1 saturated heterocycles. The van der Waals surface area contributed by atoms with Crippen LogP contribution in [0.2, 0.25) is 0 Å². The van der Waals surface area contributed by atoms with Crippen LogP contribution in [0.25, 0.3) is 0 Å². The number of halogens is 1. The van der Waals surface area contributed by atoms with Crippen molar-refractivity contribution in [2.75, 3.05) is 13.1 Å². The van der Waals surface area contributed by atoms with Gasteiger partial charge in [0.1, 0.15) is 17.1 Å². The molecule has 18 heavy (non-hydrogen) atoms. The van der Waals surface area contributed by atoms with Crippen LogP contribution < -0.4 is 0 Å². The zero-order valence-electron chi connectivity index (χ0n) is 10.4. The van der Waals surface area contributed by atoms with E-state index in [0.717, 1.165) is 0 Å². The number of hydrogen-bond acceptors (Lipinski definition) is 3. The van der Waals surface area contributed by atoms with Crippen molar-refractivity contribution in [3.8, 4) is 5.75 Å². The molecule has 1 aromatic rings. The van der Waals surface area contributed by atoms with E-state index in [0.29, 0.717) is 23.6 Å². The maximum absolute atomic E-state index is 13.6. The van der Waals surface area contributed by atoms with E-state index >= 15 is 0 Å². The summed E-state index contributed by atoms with van der Waals surface area (Å²) in [4.78, 5) is 13.9. The monoisotopic (exact) mass is 269 g/mol. The Morgan fingerprint density at radius 3 is 2.56 bits per heavy atom. The highest BCUT2D eigenvalue weighted by Crippen LogP contribution is 2.28. The lowest BCUT2D eigenvalue weighted by molar-refractivity contribution is 0.0745. The summed E-state index contributed by atoms with van der Waals surface area (Å²) in [6, 6.07) is 3.92. The second-order valence-corrected chi connectivity index (χ2v) is 6.48. The van der Waals surface area contributed by atoms with Gasteiger partial charge in [0, 0.05) is 23.6 Å². The summed E-state index contributed by atoms with van der Waals surface area (Å²) in [7, 11) is 0. The van der Waals surface area contributed by atoms with Crippen molar-refractivity contribution in [2.45, 2.75) is 24.3 Å². The first-order valence-corrected chi connectivity index (χ1v) is 6.85. The van der Waals surface area contributed by atoms with Crippen LogP contribution in [0, 0.1) is 5.82 Å². The van der Waals surface area contributed by atoms with Gasteiger partial charge < -0.3 is 10.0 Å². The molecular weight excluding hydrogens is 253 g/mol. The molecule has 1 heterocycles. The Bertz CT molecular complexity index is 436. The average Bonchev–Trinajstić information content (AvgIpc) is 2.27. The van der Waals surface area contributed by atoms with Crippen LogP contribution in [-0.4, -0.2) is 39.5 Å². The van der Waals surface area contributed by atoms with Gasteiger partial charge in [0.2, 0.25) is 0 Å². The van der Waals surface area contributed by atoms with Gasteiger partial charge >= 0.3 is 0 Å². The summed E-state index contributed by atoms with van der Waals surface area (Å²) in [5.41, 5.74) is -0.219. The third-order valence-corrected chi connectivity index (χ3v) is 4.14. The van der Waals surface area contributed by atoms with Crippen LogP contribution in [0.15, 0.2) is 18.2 Å². The number of nitrogens with zero attached hydrogens (tertiary/aromatic N) is 1. The first-order valence-electron chi connectivity index (χ1n) is 5.91. The Hall–Kier alpha value is -1.23. The number of phenolic OH excluding ortho intramolecular Hbond substituents is 1. The highest BCUT2D eigenvalue weighted by atomic mass is 32.2. The van der Waals surface area contributed by atoms with Crippen LogP contribution in [0.4, 0.5) is 4.39 Å². The summed E-state index contributed by atoms with van der Waals surface area (Å²) in [5, 5.41) is 10.3. The fraction of sp³-hybridized carbons (Fsp3) is 0.462. The molecule has 0 radical (unpaired) electrons. The molecule has 0 saturated carbocycles. The molecule has 1 fully saturated rings. The predicted molar refractivity (Wildman–Crippen MR) is 70.5 cm³/mol. The minimum absolute atomic E-state index is 0.219. The van der Waals surface area contributed by atoms with E-state index in [1.165, 1.54) is 18.2 Å². The number of phenols is 1. The SMILES string of the molecule is CC1CN(C(=O)c2c(O)cccc2F)CC(C)S1. The third-order valence-electron chi connectivity index (χ3n) is 2.91. The van der Waals surface area contributed by atoms with E-state index < -0.39 is 11.7 Å². The molecule has 98 valence electrons. The maximum atomic E-state index is 13.6. The number of amides is 1. The van der Waals surface area contributed by atoms with Gasteiger partial charge in [-0.2, -0.15) is 11.8 Å². The van der Waals surface area contributed by atoms with Crippen molar-refractivity contribution in [3.63, 3.8) is 0 Å². The zero-order valence-corrected chi connectivity index (χ0v) is 11.2. The Labute approximate surface area is 110 Å². The van der Waals surface area contributed by atoms with Crippen LogP contribution in [0.3, 0.4) is 0 Å². The Morgan fingerprint density at radius 1 is 1.39 bits per heavy atom. The first-order chi connectivity index (χ1) is 8.49. The predicted octanol–water partition coefficient (Wildman–Crippen LogP) is 2.50. The van der Waals surface area contributed by atoms with Gasteiger partial charge in [-0.05, 0) is 12.1 Å². The van der Waals surface area contributed by atoms with Crippen molar-refractivity contribution in [2.24, 2.45) is 0 Å². The molecule has 1 amide bonds. The smallest absolute Gasteiger partial charge is 0.260 e. The molecule has 1 aromatic carbocycles. The largest absolute Gasteiger partial charge is 0.507 e. The molecule has 1 aliphatic rings. The van der Waals surface area contributed by atoms with Crippen molar-refractivity contribution in [1.29, 1.82) is 0 Å². The van der Waals surface area contributed by atoms with Gasteiger partial charge in [0.25, 0.3) is 5.91 Å². The fourth-order valence-electron chi connectivity index (χ4n) is 2.23. The standard InChI is InChI=1S/C13H16FNO2S/c1-8-6-15(7-9(2)18-8)13(17)12-10(14)4-3-5-11(12)16/h3-5,8-9,16H,6-7H2,1-2H3. The number of carbonyl (C=O) groups is 1. The topological polar surface area (TPSA) is 40.5 Å². The minimum Gasteiger partial charge on any atom is -0.507 e. The highest BCUT2D eigenvalue weighted by molar-refractivity contribution is 8.00. The van der Waals surface area contributed by atoms with Crippen LogP contribution in [0.5, 0.6) is 5.75 Å². The molecule has 0 aromatic heterocycles. The summed E-state index contributed by atoms with van der Waals surface area (Å²) in [6.45, 7) is 5.26. The Morgan fingerprint density at radius 2 is 2.00 bits per heavy atom. The number of hydrogen-bond donors (Lipinski definition) is 1. The highest BCUT2D eigenvalue weighted by Gasteiger charge is 2.29. The third kappa shape index (κ3) is 2.61. The number of aromatic hydroxyl groups is 1. The number of carbonyl (C=O) groups excluding carboxylic acids is 1. The van der Waals surface area contributed by atoms with E-state index in [4.69, 9.17) is 0 Å². The molecular formula is C13H16FNO2S. The summed E-state index contributed by atoms with van der Waals surface area (Å²) < 4.78 is 13.6. The molecule has 2 atom stereocenters. The zero-order chi connectivity index (χ0) is 13.3. The fourth-order valence-corrected chi connectivity index (χ4v) is 3.55. The molecule has 2 unspecified atom stereocenters. The van der Waals surface area contributed by atoms with E-state index in [2.05, 4.69) is 0 Å². The van der Waals surface area contributed by atoms with Gasteiger partial charge in [-0.15, -0.1) is 0 Å². The molecule has 1 aliphatic heterocycles. The summed E-state index contributed by atoms with van der Waals surface area (Å²) >= 11 is 1.82. The molecule has 3 nitrogen and oxygen atoms in total. The van der Waals surface area contributed by atoms with Crippen LogP contribution >= 0.6 is 11.8 Å². The van der Waals surface area contributed by atoms with E-state index in [-0.39, 0.29) is 11.3 Å². The average molecular weight is 269 g/mol. The van der Waals surface area contributed by atoms with E-state index in [9.17, 15) is 14.3 Å². The molecule has 2 rings (SSSR count). The Balaban J connectivity index is 2.26.